The van der Waals surface area contributed by atoms with Crippen molar-refractivity contribution in [3.05, 3.63) is 34.9 Å². The quantitative estimate of drug-likeness (QED) is 0.863. The highest BCUT2D eigenvalue weighted by Gasteiger charge is 2.27. The molecule has 6 heteroatoms. The van der Waals surface area contributed by atoms with Gasteiger partial charge in [0.15, 0.2) is 0 Å². The number of carbonyl (C=O) groups is 2. The van der Waals surface area contributed by atoms with Gasteiger partial charge in [-0.3, -0.25) is 14.9 Å². The Labute approximate surface area is 123 Å². The van der Waals surface area contributed by atoms with Crippen LogP contribution < -0.4 is 10.6 Å². The molecule has 1 aromatic rings. The number of likely N-dealkylation sites (N-methyl/N-ethyl adjacent to an activating group) is 1. The zero-order valence-corrected chi connectivity index (χ0v) is 12.1. The van der Waals surface area contributed by atoms with E-state index < -0.39 is 0 Å². The standard InChI is InChI=1S/C14H18ClN3O2/c1-2-18(9-10-5-3-4-6-11(10)15)14(20)12-7-17-13(19)8-16-12/h3-6,12,16H,2,7-9H2,1H3,(H,17,19). The van der Waals surface area contributed by atoms with Crippen molar-refractivity contribution in [2.45, 2.75) is 19.5 Å². The Bertz CT molecular complexity index is 497. The molecule has 0 bridgehead atoms. The van der Waals surface area contributed by atoms with Crippen LogP contribution in [-0.2, 0) is 16.1 Å². The SMILES string of the molecule is CCN(Cc1ccccc1Cl)C(=O)C1CNC(=O)CN1. The van der Waals surface area contributed by atoms with Crippen LogP contribution in [0.25, 0.3) is 0 Å². The number of piperazine rings is 1. The zero-order chi connectivity index (χ0) is 14.5. The summed E-state index contributed by atoms with van der Waals surface area (Å²) in [4.78, 5) is 25.2. The number of nitrogens with zero attached hydrogens (tertiary/aromatic N) is 1. The molecule has 1 atom stereocenters. The van der Waals surface area contributed by atoms with Crippen molar-refractivity contribution in [2.24, 2.45) is 0 Å². The molecular formula is C14H18ClN3O2. The fourth-order valence-electron chi connectivity index (χ4n) is 2.14. The summed E-state index contributed by atoms with van der Waals surface area (Å²) >= 11 is 6.12. The molecule has 0 aromatic heterocycles. The Morgan fingerprint density at radius 1 is 1.45 bits per heavy atom. The number of nitrogens with one attached hydrogen (secondary N) is 2. The van der Waals surface area contributed by atoms with Gasteiger partial charge in [-0.05, 0) is 18.6 Å². The molecule has 2 N–H and O–H groups in total. The molecule has 1 aliphatic rings. The molecular weight excluding hydrogens is 278 g/mol. The fraction of sp³-hybridized carbons (Fsp3) is 0.429. The maximum Gasteiger partial charge on any atom is 0.241 e. The smallest absolute Gasteiger partial charge is 0.241 e. The molecule has 1 heterocycles. The van der Waals surface area contributed by atoms with Crippen molar-refractivity contribution in [3.63, 3.8) is 0 Å². The molecule has 1 aromatic carbocycles. The van der Waals surface area contributed by atoms with E-state index in [0.717, 1.165) is 5.56 Å². The lowest BCUT2D eigenvalue weighted by Crippen LogP contribution is -2.58. The minimum atomic E-state index is -0.366. The van der Waals surface area contributed by atoms with Gasteiger partial charge in [-0.15, -0.1) is 0 Å². The summed E-state index contributed by atoms with van der Waals surface area (Å²) in [6, 6.07) is 7.12. The predicted octanol–water partition coefficient (Wildman–Crippen LogP) is 0.776. The molecule has 1 saturated heterocycles. The van der Waals surface area contributed by atoms with Crippen molar-refractivity contribution >= 4 is 23.4 Å². The van der Waals surface area contributed by atoms with Crippen LogP contribution in [0.2, 0.25) is 5.02 Å². The molecule has 5 nitrogen and oxygen atoms in total. The minimum Gasteiger partial charge on any atom is -0.353 e. The molecule has 1 unspecified atom stereocenters. The molecule has 2 amide bonds. The van der Waals surface area contributed by atoms with E-state index in [1.807, 2.05) is 31.2 Å². The van der Waals surface area contributed by atoms with Crippen LogP contribution in [0.1, 0.15) is 12.5 Å². The van der Waals surface area contributed by atoms with Gasteiger partial charge < -0.3 is 10.2 Å². The predicted molar refractivity (Wildman–Crippen MR) is 77.3 cm³/mol. The average Bonchev–Trinajstić information content (AvgIpc) is 2.46. The summed E-state index contributed by atoms with van der Waals surface area (Å²) in [6.45, 7) is 3.50. The van der Waals surface area contributed by atoms with Crippen molar-refractivity contribution in [3.8, 4) is 0 Å². The van der Waals surface area contributed by atoms with E-state index >= 15 is 0 Å². The monoisotopic (exact) mass is 295 g/mol. The second-order valence-electron chi connectivity index (χ2n) is 4.68. The van der Waals surface area contributed by atoms with Gasteiger partial charge in [-0.2, -0.15) is 0 Å². The first-order valence-electron chi connectivity index (χ1n) is 6.64. The van der Waals surface area contributed by atoms with Gasteiger partial charge in [-0.25, -0.2) is 0 Å². The van der Waals surface area contributed by atoms with Crippen LogP contribution in [0.3, 0.4) is 0 Å². The van der Waals surface area contributed by atoms with Crippen LogP contribution in [-0.4, -0.2) is 42.4 Å². The van der Waals surface area contributed by atoms with Gasteiger partial charge in [0, 0.05) is 24.7 Å². The van der Waals surface area contributed by atoms with E-state index in [1.165, 1.54) is 0 Å². The number of benzene rings is 1. The number of rotatable bonds is 4. The molecule has 20 heavy (non-hydrogen) atoms. The van der Waals surface area contributed by atoms with Gasteiger partial charge in [0.05, 0.1) is 6.54 Å². The maximum atomic E-state index is 12.4. The highest BCUT2D eigenvalue weighted by atomic mass is 35.5. The van der Waals surface area contributed by atoms with Gasteiger partial charge in [0.1, 0.15) is 6.04 Å². The average molecular weight is 296 g/mol. The van der Waals surface area contributed by atoms with Crippen LogP contribution in [0.4, 0.5) is 0 Å². The lowest BCUT2D eigenvalue weighted by molar-refractivity contribution is -0.135. The van der Waals surface area contributed by atoms with E-state index in [4.69, 9.17) is 11.6 Å². The summed E-state index contributed by atoms with van der Waals surface area (Å²) < 4.78 is 0. The Balaban J connectivity index is 2.02. The van der Waals surface area contributed by atoms with E-state index in [0.29, 0.717) is 24.7 Å². The highest BCUT2D eigenvalue weighted by molar-refractivity contribution is 6.31. The topological polar surface area (TPSA) is 61.4 Å². The number of halogens is 1. The van der Waals surface area contributed by atoms with E-state index in [1.54, 1.807) is 4.90 Å². The van der Waals surface area contributed by atoms with Crippen LogP contribution in [0.5, 0.6) is 0 Å². The lowest BCUT2D eigenvalue weighted by Gasteiger charge is -2.29. The summed E-state index contributed by atoms with van der Waals surface area (Å²) in [5, 5.41) is 6.30. The van der Waals surface area contributed by atoms with E-state index in [-0.39, 0.29) is 24.4 Å². The number of hydrogen-bond donors (Lipinski definition) is 2. The second-order valence-corrected chi connectivity index (χ2v) is 5.09. The molecule has 0 spiro atoms. The molecule has 2 rings (SSSR count). The number of amides is 2. The second kappa shape index (κ2) is 6.72. The molecule has 0 saturated carbocycles. The summed E-state index contributed by atoms with van der Waals surface area (Å²) in [6.07, 6.45) is 0. The molecule has 0 aliphatic carbocycles. The third-order valence-corrected chi connectivity index (χ3v) is 3.69. The van der Waals surface area contributed by atoms with Crippen molar-refractivity contribution in [2.75, 3.05) is 19.6 Å². The number of hydrogen-bond acceptors (Lipinski definition) is 3. The van der Waals surface area contributed by atoms with Crippen molar-refractivity contribution < 1.29 is 9.59 Å². The Morgan fingerprint density at radius 2 is 2.20 bits per heavy atom. The van der Waals surface area contributed by atoms with Crippen LogP contribution in [0, 0.1) is 0 Å². The minimum absolute atomic E-state index is 0.0209. The summed E-state index contributed by atoms with van der Waals surface area (Å²) in [7, 11) is 0. The Kier molecular flexibility index (Phi) is 4.98. The first-order valence-corrected chi connectivity index (χ1v) is 7.02. The normalized spacial score (nSPS) is 18.5. The summed E-state index contributed by atoms with van der Waals surface area (Å²) in [5.74, 6) is -0.101. The van der Waals surface area contributed by atoms with Crippen molar-refractivity contribution in [1.82, 2.24) is 15.5 Å². The third-order valence-electron chi connectivity index (χ3n) is 3.32. The van der Waals surface area contributed by atoms with Gasteiger partial charge in [0.25, 0.3) is 0 Å². The zero-order valence-electron chi connectivity index (χ0n) is 11.4. The molecule has 1 fully saturated rings. The maximum absolute atomic E-state index is 12.4. The first-order chi connectivity index (χ1) is 9.61. The van der Waals surface area contributed by atoms with Gasteiger partial charge >= 0.3 is 0 Å². The van der Waals surface area contributed by atoms with Crippen molar-refractivity contribution in [1.29, 1.82) is 0 Å². The van der Waals surface area contributed by atoms with Crippen LogP contribution >= 0.6 is 11.6 Å². The fourth-order valence-corrected chi connectivity index (χ4v) is 2.33. The first kappa shape index (κ1) is 14.8. The largest absolute Gasteiger partial charge is 0.353 e. The molecule has 108 valence electrons. The van der Waals surface area contributed by atoms with E-state index in [9.17, 15) is 9.59 Å². The lowest BCUT2D eigenvalue weighted by atomic mass is 10.1. The number of carbonyl (C=O) groups excluding carboxylic acids is 2. The third kappa shape index (κ3) is 3.49. The Morgan fingerprint density at radius 3 is 2.80 bits per heavy atom. The Hall–Kier alpha value is -1.59. The summed E-state index contributed by atoms with van der Waals surface area (Å²) in [5.41, 5.74) is 0.921. The molecule has 0 radical (unpaired) electrons. The highest BCUT2D eigenvalue weighted by Crippen LogP contribution is 2.17. The van der Waals surface area contributed by atoms with Crippen LogP contribution in [0.15, 0.2) is 24.3 Å². The van der Waals surface area contributed by atoms with E-state index in [2.05, 4.69) is 10.6 Å². The molecule has 1 aliphatic heterocycles. The van der Waals surface area contributed by atoms with Gasteiger partial charge in [0.2, 0.25) is 11.8 Å². The van der Waals surface area contributed by atoms with Gasteiger partial charge in [-0.1, -0.05) is 29.8 Å².